The number of benzene rings is 8. The Morgan fingerprint density at radius 1 is 0.333 bits per heavy atom. The molecule has 0 N–H and O–H groups in total. The second-order valence-electron chi connectivity index (χ2n) is 13.3. The molecule has 238 valence electrons. The Morgan fingerprint density at radius 3 is 1.75 bits per heavy atom. The van der Waals surface area contributed by atoms with Crippen LogP contribution in [0.1, 0.15) is 0 Å². The van der Waals surface area contributed by atoms with Crippen molar-refractivity contribution in [1.82, 2.24) is 9.13 Å². The van der Waals surface area contributed by atoms with Gasteiger partial charge in [-0.3, -0.25) is 0 Å². The standard InChI is InChI=1S/C48H30N2O/c1-3-13-31(14-4-1)35-26-27-40-37-18-8-11-21-43(37)50(34-24-28-46-41(30-34)39-19-9-12-22-45(39)51-46)48(40)47(35)32-23-25-38-36-17-7-10-20-42(36)49(44(38)29-32)33-15-5-2-6-16-33/h1-30H. The first-order valence-electron chi connectivity index (χ1n) is 17.4. The van der Waals surface area contributed by atoms with Crippen LogP contribution in [0.25, 0.3) is 99.2 Å². The molecule has 8 aromatic carbocycles. The van der Waals surface area contributed by atoms with E-state index in [0.29, 0.717) is 0 Å². The van der Waals surface area contributed by atoms with Crippen molar-refractivity contribution in [3.8, 4) is 33.6 Å². The van der Waals surface area contributed by atoms with Crippen LogP contribution in [0.2, 0.25) is 0 Å². The van der Waals surface area contributed by atoms with Crippen molar-refractivity contribution in [2.24, 2.45) is 0 Å². The van der Waals surface area contributed by atoms with E-state index in [-0.39, 0.29) is 0 Å². The topological polar surface area (TPSA) is 23.0 Å². The lowest BCUT2D eigenvalue weighted by molar-refractivity contribution is 0.669. The molecule has 3 nitrogen and oxygen atoms in total. The van der Waals surface area contributed by atoms with E-state index < -0.39 is 0 Å². The van der Waals surface area contributed by atoms with Crippen LogP contribution in [0.15, 0.2) is 186 Å². The molecule has 3 heteroatoms. The molecule has 0 atom stereocenters. The largest absolute Gasteiger partial charge is 0.456 e. The van der Waals surface area contributed by atoms with Crippen LogP contribution >= 0.6 is 0 Å². The highest BCUT2D eigenvalue weighted by molar-refractivity contribution is 6.18. The fourth-order valence-electron chi connectivity index (χ4n) is 8.31. The average Bonchev–Trinajstić information content (AvgIpc) is 3.85. The molecule has 0 aliphatic heterocycles. The molecule has 3 aromatic heterocycles. The minimum absolute atomic E-state index is 0.894. The molecule has 0 amide bonds. The second kappa shape index (κ2) is 10.8. The smallest absolute Gasteiger partial charge is 0.135 e. The normalized spacial score (nSPS) is 11.9. The zero-order valence-corrected chi connectivity index (χ0v) is 27.6. The average molecular weight is 651 g/mol. The molecule has 0 aliphatic carbocycles. The zero-order valence-electron chi connectivity index (χ0n) is 27.6. The first-order valence-corrected chi connectivity index (χ1v) is 17.4. The van der Waals surface area contributed by atoms with Gasteiger partial charge in [-0.25, -0.2) is 0 Å². The lowest BCUT2D eigenvalue weighted by atomic mass is 9.91. The van der Waals surface area contributed by atoms with E-state index in [1.165, 1.54) is 65.9 Å². The van der Waals surface area contributed by atoms with Crippen LogP contribution in [-0.2, 0) is 0 Å². The van der Waals surface area contributed by atoms with Crippen molar-refractivity contribution >= 4 is 65.6 Å². The van der Waals surface area contributed by atoms with Gasteiger partial charge >= 0.3 is 0 Å². The number of aromatic nitrogens is 2. The maximum Gasteiger partial charge on any atom is 0.135 e. The number of para-hydroxylation sites is 4. The van der Waals surface area contributed by atoms with Crippen molar-refractivity contribution in [2.45, 2.75) is 0 Å². The van der Waals surface area contributed by atoms with Gasteiger partial charge in [0, 0.05) is 49.3 Å². The van der Waals surface area contributed by atoms with Gasteiger partial charge < -0.3 is 13.6 Å². The van der Waals surface area contributed by atoms with Gasteiger partial charge in [0.2, 0.25) is 0 Å². The number of furan rings is 1. The quantitative estimate of drug-likeness (QED) is 0.186. The molecule has 0 radical (unpaired) electrons. The van der Waals surface area contributed by atoms with E-state index in [0.717, 1.165) is 33.3 Å². The molecule has 11 aromatic rings. The zero-order chi connectivity index (χ0) is 33.5. The Morgan fingerprint density at radius 2 is 0.941 bits per heavy atom. The number of nitrogens with zero attached hydrogens (tertiary/aromatic N) is 2. The summed E-state index contributed by atoms with van der Waals surface area (Å²) in [4.78, 5) is 0. The predicted octanol–water partition coefficient (Wildman–Crippen LogP) is 13.1. The molecule has 0 saturated carbocycles. The summed E-state index contributed by atoms with van der Waals surface area (Å²) in [6.07, 6.45) is 0. The summed E-state index contributed by atoms with van der Waals surface area (Å²) in [5.41, 5.74) is 13.6. The maximum atomic E-state index is 6.27. The number of rotatable bonds is 4. The van der Waals surface area contributed by atoms with Gasteiger partial charge in [-0.05, 0) is 71.3 Å². The molecular formula is C48H30N2O. The molecule has 0 fully saturated rings. The minimum Gasteiger partial charge on any atom is -0.456 e. The Labute approximate surface area is 293 Å². The Bertz CT molecular complexity index is 3130. The van der Waals surface area contributed by atoms with Crippen LogP contribution in [0, 0.1) is 0 Å². The van der Waals surface area contributed by atoms with Gasteiger partial charge in [-0.15, -0.1) is 0 Å². The lowest BCUT2D eigenvalue weighted by Gasteiger charge is -2.17. The van der Waals surface area contributed by atoms with Gasteiger partial charge in [0.15, 0.2) is 0 Å². The summed E-state index contributed by atoms with van der Waals surface area (Å²) in [7, 11) is 0. The van der Waals surface area contributed by atoms with Crippen molar-refractivity contribution < 1.29 is 4.42 Å². The first kappa shape index (κ1) is 28.0. The summed E-state index contributed by atoms with van der Waals surface area (Å²) in [6, 6.07) is 65.6. The van der Waals surface area contributed by atoms with E-state index >= 15 is 0 Å². The van der Waals surface area contributed by atoms with Crippen LogP contribution in [0.4, 0.5) is 0 Å². The summed E-state index contributed by atoms with van der Waals surface area (Å²) in [5.74, 6) is 0. The molecule has 51 heavy (non-hydrogen) atoms. The Kier molecular flexibility index (Phi) is 5.96. The van der Waals surface area contributed by atoms with Crippen LogP contribution in [0.5, 0.6) is 0 Å². The van der Waals surface area contributed by atoms with Gasteiger partial charge in [0.25, 0.3) is 0 Å². The van der Waals surface area contributed by atoms with Crippen molar-refractivity contribution in [3.05, 3.63) is 182 Å². The molecule has 3 heterocycles. The summed E-state index contributed by atoms with van der Waals surface area (Å²) < 4.78 is 11.1. The van der Waals surface area contributed by atoms with Crippen molar-refractivity contribution in [1.29, 1.82) is 0 Å². The first-order chi connectivity index (χ1) is 25.3. The van der Waals surface area contributed by atoms with E-state index in [1.54, 1.807) is 0 Å². The van der Waals surface area contributed by atoms with E-state index in [9.17, 15) is 0 Å². The summed E-state index contributed by atoms with van der Waals surface area (Å²) in [5, 5.41) is 7.18. The van der Waals surface area contributed by atoms with E-state index in [4.69, 9.17) is 4.42 Å². The third-order valence-electron chi connectivity index (χ3n) is 10.5. The molecule has 0 bridgehead atoms. The molecule has 0 aliphatic rings. The minimum atomic E-state index is 0.894. The molecule has 0 spiro atoms. The third-order valence-corrected chi connectivity index (χ3v) is 10.5. The second-order valence-corrected chi connectivity index (χ2v) is 13.3. The highest BCUT2D eigenvalue weighted by atomic mass is 16.3. The van der Waals surface area contributed by atoms with Gasteiger partial charge in [0.05, 0.1) is 22.1 Å². The van der Waals surface area contributed by atoms with Gasteiger partial charge in [0.1, 0.15) is 11.2 Å². The predicted molar refractivity (Wildman–Crippen MR) is 213 cm³/mol. The SMILES string of the molecule is c1ccc(-c2ccc3c4ccccc4n(-c4ccc5oc6ccccc6c5c4)c3c2-c2ccc3c4ccccc4n(-c4ccccc4)c3c2)cc1. The van der Waals surface area contributed by atoms with Crippen LogP contribution < -0.4 is 0 Å². The molecule has 0 unspecified atom stereocenters. The Balaban J connectivity index is 1.29. The molecule has 0 saturated heterocycles. The van der Waals surface area contributed by atoms with Gasteiger partial charge in [-0.1, -0.05) is 127 Å². The third kappa shape index (κ3) is 4.12. The molecule has 11 rings (SSSR count). The Hall–Kier alpha value is -6.84. The summed E-state index contributed by atoms with van der Waals surface area (Å²) in [6.45, 7) is 0. The van der Waals surface area contributed by atoms with Crippen molar-refractivity contribution in [3.63, 3.8) is 0 Å². The number of fused-ring (bicyclic) bond motifs is 9. The molecular weight excluding hydrogens is 621 g/mol. The summed E-state index contributed by atoms with van der Waals surface area (Å²) >= 11 is 0. The number of hydrogen-bond acceptors (Lipinski definition) is 1. The fraction of sp³-hybridized carbons (Fsp3) is 0. The van der Waals surface area contributed by atoms with Crippen LogP contribution in [0.3, 0.4) is 0 Å². The highest BCUT2D eigenvalue weighted by Crippen LogP contribution is 2.45. The highest BCUT2D eigenvalue weighted by Gasteiger charge is 2.22. The monoisotopic (exact) mass is 650 g/mol. The van der Waals surface area contributed by atoms with E-state index in [1.807, 2.05) is 12.1 Å². The number of hydrogen-bond donors (Lipinski definition) is 0. The van der Waals surface area contributed by atoms with Crippen LogP contribution in [-0.4, -0.2) is 9.13 Å². The van der Waals surface area contributed by atoms with Gasteiger partial charge in [-0.2, -0.15) is 0 Å². The fourth-order valence-corrected chi connectivity index (χ4v) is 8.31. The van der Waals surface area contributed by atoms with Crippen molar-refractivity contribution in [2.75, 3.05) is 0 Å². The maximum absolute atomic E-state index is 6.27. The lowest BCUT2D eigenvalue weighted by Crippen LogP contribution is -1.98. The van der Waals surface area contributed by atoms with E-state index in [2.05, 4.69) is 179 Å².